The van der Waals surface area contributed by atoms with Gasteiger partial charge in [0.1, 0.15) is 0 Å². The smallest absolute Gasteiger partial charge is 0.392 e. The number of alkyl halides is 3. The van der Waals surface area contributed by atoms with Crippen molar-refractivity contribution in [3.05, 3.63) is 34.9 Å². The van der Waals surface area contributed by atoms with Gasteiger partial charge in [-0.05, 0) is 23.1 Å². The van der Waals surface area contributed by atoms with Crippen molar-refractivity contribution in [2.75, 3.05) is 0 Å². The molecule has 0 aromatic heterocycles. The van der Waals surface area contributed by atoms with E-state index >= 15 is 0 Å². The highest BCUT2D eigenvalue weighted by atomic mass is 19.4. The van der Waals surface area contributed by atoms with Crippen LogP contribution in [0.4, 0.5) is 13.2 Å². The number of rotatable bonds is 2. The molecule has 0 saturated carbocycles. The first-order valence-corrected chi connectivity index (χ1v) is 4.67. The molecule has 0 saturated heterocycles. The summed E-state index contributed by atoms with van der Waals surface area (Å²) in [7, 11) is 0. The third kappa shape index (κ3) is 2.72. The van der Waals surface area contributed by atoms with Crippen LogP contribution in [-0.2, 0) is 12.8 Å². The highest BCUT2D eigenvalue weighted by Crippen LogP contribution is 2.35. The van der Waals surface area contributed by atoms with Crippen molar-refractivity contribution in [2.45, 2.75) is 32.5 Å². The lowest BCUT2D eigenvalue weighted by Crippen LogP contribution is -2.11. The third-order valence-electron chi connectivity index (χ3n) is 2.23. The molecular formula is C11H13F3O. The summed E-state index contributed by atoms with van der Waals surface area (Å²) in [6, 6.07) is 3.96. The second-order valence-electron chi connectivity index (χ2n) is 3.73. The van der Waals surface area contributed by atoms with Gasteiger partial charge in [-0.3, -0.25) is 0 Å². The van der Waals surface area contributed by atoms with E-state index in [1.807, 2.05) is 0 Å². The first-order valence-electron chi connectivity index (χ1n) is 4.67. The summed E-state index contributed by atoms with van der Waals surface area (Å²) in [5.74, 6) is -0.186. The van der Waals surface area contributed by atoms with E-state index in [0.29, 0.717) is 0 Å². The van der Waals surface area contributed by atoms with Crippen LogP contribution in [0.1, 0.15) is 36.5 Å². The van der Waals surface area contributed by atoms with Crippen LogP contribution in [0.25, 0.3) is 0 Å². The van der Waals surface area contributed by atoms with Crippen molar-refractivity contribution >= 4 is 0 Å². The van der Waals surface area contributed by atoms with Crippen LogP contribution in [0, 0.1) is 0 Å². The van der Waals surface area contributed by atoms with Gasteiger partial charge in [0.15, 0.2) is 0 Å². The van der Waals surface area contributed by atoms with E-state index < -0.39 is 11.7 Å². The van der Waals surface area contributed by atoms with E-state index in [2.05, 4.69) is 0 Å². The molecule has 0 aliphatic carbocycles. The molecule has 1 aromatic rings. The minimum atomic E-state index is -4.36. The summed E-state index contributed by atoms with van der Waals surface area (Å²) in [5.41, 5.74) is -0.101. The van der Waals surface area contributed by atoms with E-state index in [0.717, 1.165) is 6.07 Å². The first-order chi connectivity index (χ1) is 6.86. The predicted molar refractivity (Wildman–Crippen MR) is 51.5 cm³/mol. The van der Waals surface area contributed by atoms with Gasteiger partial charge in [0.05, 0.1) is 12.2 Å². The molecule has 0 fully saturated rings. The van der Waals surface area contributed by atoms with Crippen molar-refractivity contribution in [1.29, 1.82) is 0 Å². The zero-order valence-corrected chi connectivity index (χ0v) is 8.60. The molecule has 1 N–H and O–H groups in total. The Morgan fingerprint density at radius 3 is 2.27 bits per heavy atom. The fourth-order valence-corrected chi connectivity index (χ4v) is 1.45. The Morgan fingerprint density at radius 2 is 1.87 bits per heavy atom. The molecule has 0 aliphatic heterocycles. The minimum absolute atomic E-state index is 0.186. The predicted octanol–water partition coefficient (Wildman–Crippen LogP) is 3.32. The van der Waals surface area contributed by atoms with Crippen LogP contribution in [0.15, 0.2) is 18.2 Å². The number of hydrogen-bond acceptors (Lipinski definition) is 1. The maximum atomic E-state index is 12.6. The average Bonchev–Trinajstić information content (AvgIpc) is 2.15. The first kappa shape index (κ1) is 12.0. The van der Waals surface area contributed by atoms with Crippen molar-refractivity contribution in [3.63, 3.8) is 0 Å². The van der Waals surface area contributed by atoms with Crippen LogP contribution in [0.5, 0.6) is 0 Å². The molecule has 1 nitrogen and oxygen atoms in total. The standard InChI is InChI=1S/C11H13F3O/c1-7(2)9-4-3-8(6-15)5-10(9)11(12,13)14/h3-5,7,15H,6H2,1-2H3. The fraction of sp³-hybridized carbons (Fsp3) is 0.455. The molecule has 4 heteroatoms. The summed E-state index contributed by atoms with van der Waals surface area (Å²) < 4.78 is 37.9. The zero-order chi connectivity index (χ0) is 11.6. The van der Waals surface area contributed by atoms with Gasteiger partial charge in [0, 0.05) is 0 Å². The van der Waals surface area contributed by atoms with Crippen LogP contribution in [-0.4, -0.2) is 5.11 Å². The van der Waals surface area contributed by atoms with Crippen molar-refractivity contribution in [1.82, 2.24) is 0 Å². The van der Waals surface area contributed by atoms with Crippen LogP contribution >= 0.6 is 0 Å². The Kier molecular flexibility index (Phi) is 3.39. The van der Waals surface area contributed by atoms with Gasteiger partial charge >= 0.3 is 6.18 Å². The molecule has 1 rings (SSSR count). The lowest BCUT2D eigenvalue weighted by molar-refractivity contribution is -0.138. The normalized spacial score (nSPS) is 12.2. The summed E-state index contributed by atoms with van der Waals surface area (Å²) in [4.78, 5) is 0. The SMILES string of the molecule is CC(C)c1ccc(CO)cc1C(F)(F)F. The average molecular weight is 218 g/mol. The van der Waals surface area contributed by atoms with E-state index in [1.54, 1.807) is 13.8 Å². The monoisotopic (exact) mass is 218 g/mol. The number of aliphatic hydroxyl groups excluding tert-OH is 1. The molecule has 0 amide bonds. The van der Waals surface area contributed by atoms with Crippen molar-refractivity contribution in [3.8, 4) is 0 Å². The number of hydrogen-bond donors (Lipinski definition) is 1. The lowest BCUT2D eigenvalue weighted by Gasteiger charge is -2.16. The topological polar surface area (TPSA) is 20.2 Å². The van der Waals surface area contributed by atoms with E-state index in [4.69, 9.17) is 5.11 Å². The van der Waals surface area contributed by atoms with Gasteiger partial charge in [-0.1, -0.05) is 26.0 Å². The Hall–Kier alpha value is -1.03. The van der Waals surface area contributed by atoms with Crippen molar-refractivity contribution < 1.29 is 18.3 Å². The second kappa shape index (κ2) is 4.23. The molecule has 0 heterocycles. The van der Waals surface area contributed by atoms with E-state index in [-0.39, 0.29) is 23.7 Å². The Morgan fingerprint density at radius 1 is 1.27 bits per heavy atom. The number of halogens is 3. The minimum Gasteiger partial charge on any atom is -0.392 e. The van der Waals surface area contributed by atoms with Crippen LogP contribution in [0.3, 0.4) is 0 Å². The molecule has 0 aliphatic rings. The second-order valence-corrected chi connectivity index (χ2v) is 3.73. The quantitative estimate of drug-likeness (QED) is 0.807. The lowest BCUT2D eigenvalue weighted by atomic mass is 9.95. The van der Waals surface area contributed by atoms with Gasteiger partial charge in [0.2, 0.25) is 0 Å². The Bertz CT molecular complexity index is 342. The summed E-state index contributed by atoms with van der Waals surface area (Å²) in [6.07, 6.45) is -4.36. The molecular weight excluding hydrogens is 205 g/mol. The maximum Gasteiger partial charge on any atom is 0.416 e. The van der Waals surface area contributed by atoms with Gasteiger partial charge in [0.25, 0.3) is 0 Å². The molecule has 0 radical (unpaired) electrons. The summed E-state index contributed by atoms with van der Waals surface area (Å²) in [6.45, 7) is 3.05. The Balaban J connectivity index is 3.29. The van der Waals surface area contributed by atoms with Crippen LogP contribution < -0.4 is 0 Å². The highest BCUT2D eigenvalue weighted by molar-refractivity contribution is 5.35. The largest absolute Gasteiger partial charge is 0.416 e. The molecule has 1 aromatic carbocycles. The van der Waals surface area contributed by atoms with E-state index in [9.17, 15) is 13.2 Å². The molecule has 0 atom stereocenters. The zero-order valence-electron chi connectivity index (χ0n) is 8.60. The van der Waals surface area contributed by atoms with E-state index in [1.165, 1.54) is 12.1 Å². The fourth-order valence-electron chi connectivity index (χ4n) is 1.45. The molecule has 15 heavy (non-hydrogen) atoms. The van der Waals surface area contributed by atoms with Gasteiger partial charge in [-0.2, -0.15) is 13.2 Å². The Labute approximate surface area is 86.5 Å². The number of aliphatic hydroxyl groups is 1. The van der Waals surface area contributed by atoms with Crippen LogP contribution in [0.2, 0.25) is 0 Å². The third-order valence-corrected chi connectivity index (χ3v) is 2.23. The van der Waals surface area contributed by atoms with Gasteiger partial charge < -0.3 is 5.11 Å². The molecule has 0 spiro atoms. The van der Waals surface area contributed by atoms with Crippen molar-refractivity contribution in [2.24, 2.45) is 0 Å². The number of benzene rings is 1. The van der Waals surface area contributed by atoms with Gasteiger partial charge in [-0.15, -0.1) is 0 Å². The van der Waals surface area contributed by atoms with Gasteiger partial charge in [-0.25, -0.2) is 0 Å². The summed E-state index contributed by atoms with van der Waals surface area (Å²) >= 11 is 0. The summed E-state index contributed by atoms with van der Waals surface area (Å²) in [5, 5.41) is 8.79. The highest BCUT2D eigenvalue weighted by Gasteiger charge is 2.33. The maximum absolute atomic E-state index is 12.6. The molecule has 0 bridgehead atoms. The molecule has 0 unspecified atom stereocenters. The molecule has 84 valence electrons.